The number of hydrogen-bond donors (Lipinski definition) is 2. The Morgan fingerprint density at radius 1 is 0.973 bits per heavy atom. The largest absolute Gasteiger partial charge is 0.477 e. The summed E-state index contributed by atoms with van der Waals surface area (Å²) in [5, 5.41) is 13.0. The summed E-state index contributed by atoms with van der Waals surface area (Å²) in [6, 6.07) is 23.5. The van der Waals surface area contributed by atoms with Crippen molar-refractivity contribution in [2.45, 2.75) is 25.3 Å². The van der Waals surface area contributed by atoms with Crippen molar-refractivity contribution in [2.75, 3.05) is 31.1 Å². The minimum Gasteiger partial charge on any atom is -0.477 e. The molecule has 7 heteroatoms. The van der Waals surface area contributed by atoms with Crippen LogP contribution in [0.3, 0.4) is 0 Å². The van der Waals surface area contributed by atoms with Gasteiger partial charge in [0.2, 0.25) is 5.43 Å². The van der Waals surface area contributed by atoms with E-state index in [4.69, 9.17) is 0 Å². The molecule has 190 valence electrons. The average molecular weight is 500 g/mol. The van der Waals surface area contributed by atoms with Crippen molar-refractivity contribution in [1.82, 2.24) is 9.88 Å². The van der Waals surface area contributed by atoms with E-state index in [1.807, 2.05) is 41.3 Å². The second-order valence-electron chi connectivity index (χ2n) is 9.44. The van der Waals surface area contributed by atoms with Crippen molar-refractivity contribution in [3.63, 3.8) is 0 Å². The molecule has 4 aromatic rings. The van der Waals surface area contributed by atoms with Gasteiger partial charge in [-0.2, -0.15) is 0 Å². The van der Waals surface area contributed by atoms with E-state index in [2.05, 4.69) is 29.6 Å². The van der Waals surface area contributed by atoms with Crippen molar-refractivity contribution in [1.29, 1.82) is 0 Å². The minimum atomic E-state index is -1.31. The van der Waals surface area contributed by atoms with E-state index in [0.717, 1.165) is 25.9 Å². The highest BCUT2D eigenvalue weighted by molar-refractivity contribution is 5.93. The lowest BCUT2D eigenvalue weighted by molar-refractivity contribution is 0.0694. The van der Waals surface area contributed by atoms with Gasteiger partial charge in [-0.1, -0.05) is 60.7 Å². The number of aryl methyl sites for hydroxylation is 1. The van der Waals surface area contributed by atoms with E-state index in [9.17, 15) is 14.7 Å². The van der Waals surface area contributed by atoms with Crippen LogP contribution in [0.5, 0.6) is 0 Å². The fourth-order valence-corrected chi connectivity index (χ4v) is 5.25. The predicted octanol–water partition coefficient (Wildman–Crippen LogP) is 4.86. The maximum atomic E-state index is 15.1. The number of halogens is 1. The van der Waals surface area contributed by atoms with Gasteiger partial charge in [-0.25, -0.2) is 9.18 Å². The summed E-state index contributed by atoms with van der Waals surface area (Å²) in [5.41, 5.74) is 2.43. The molecule has 6 nitrogen and oxygen atoms in total. The lowest BCUT2D eigenvalue weighted by Crippen LogP contribution is -2.43. The molecule has 0 aliphatic carbocycles. The molecule has 1 aliphatic heterocycles. The summed E-state index contributed by atoms with van der Waals surface area (Å²) in [5.74, 6) is -1.63. The highest BCUT2D eigenvalue weighted by Gasteiger charge is 2.21. The van der Waals surface area contributed by atoms with E-state index in [-0.39, 0.29) is 16.9 Å². The Kier molecular flexibility index (Phi) is 7.32. The van der Waals surface area contributed by atoms with Crippen molar-refractivity contribution >= 4 is 22.6 Å². The first-order valence-corrected chi connectivity index (χ1v) is 12.7. The number of fused-ring (bicyclic) bond motifs is 1. The molecular formula is C30H30FN3O3. The molecule has 1 saturated heterocycles. The van der Waals surface area contributed by atoms with E-state index < -0.39 is 17.2 Å². The third-order valence-electron chi connectivity index (χ3n) is 7.13. The second kappa shape index (κ2) is 11.0. The first-order valence-electron chi connectivity index (χ1n) is 12.7. The molecule has 0 radical (unpaired) electrons. The van der Waals surface area contributed by atoms with Gasteiger partial charge >= 0.3 is 5.97 Å². The van der Waals surface area contributed by atoms with Crippen molar-refractivity contribution < 1.29 is 14.3 Å². The van der Waals surface area contributed by atoms with E-state index in [0.29, 0.717) is 30.8 Å². The molecule has 0 atom stereocenters. The Morgan fingerprint density at radius 2 is 1.59 bits per heavy atom. The number of aromatic carboxylic acids is 1. The molecule has 0 saturated carbocycles. The third-order valence-corrected chi connectivity index (χ3v) is 7.13. The smallest absolute Gasteiger partial charge is 0.341 e. The van der Waals surface area contributed by atoms with Crippen LogP contribution in [0, 0.1) is 5.82 Å². The Labute approximate surface area is 215 Å². The zero-order chi connectivity index (χ0) is 25.8. The number of benzene rings is 3. The third kappa shape index (κ3) is 5.27. The number of piperazine rings is 1. The molecule has 1 fully saturated rings. The molecule has 3 aromatic carbocycles. The van der Waals surface area contributed by atoms with Gasteiger partial charge in [-0.3, -0.25) is 4.79 Å². The topological polar surface area (TPSA) is 74.6 Å². The maximum absolute atomic E-state index is 15.1. The van der Waals surface area contributed by atoms with Crippen LogP contribution >= 0.6 is 0 Å². The first-order chi connectivity index (χ1) is 18.0. The monoisotopic (exact) mass is 499 g/mol. The van der Waals surface area contributed by atoms with E-state index in [1.165, 1.54) is 23.4 Å². The number of nitrogens with one attached hydrogen (secondary N) is 1. The van der Waals surface area contributed by atoms with Gasteiger partial charge < -0.3 is 19.9 Å². The number of aromatic nitrogens is 1. The second-order valence-corrected chi connectivity index (χ2v) is 9.44. The van der Waals surface area contributed by atoms with Gasteiger partial charge in [0.25, 0.3) is 0 Å². The van der Waals surface area contributed by atoms with Gasteiger partial charge in [0.15, 0.2) is 0 Å². The SMILES string of the molecule is O=C(O)c1cn(CCCC(c2ccccc2)c2ccccc2)c2cc(N3CCNCC3)c(F)cc2c1=O. The standard InChI is InChI=1S/C30H30FN3O3/c31-26-18-24-27(19-28(26)33-16-13-32-14-17-33)34(20-25(29(24)35)30(36)37)15-7-12-23(21-8-3-1-4-9-21)22-10-5-2-6-11-22/h1-6,8-11,18-20,23,32H,7,12-17H2,(H,36,37). The van der Waals surface area contributed by atoms with Gasteiger partial charge in [0.1, 0.15) is 11.4 Å². The molecule has 2 N–H and O–H groups in total. The van der Waals surface area contributed by atoms with Crippen LogP contribution in [0.15, 0.2) is 83.8 Å². The number of carboxylic acid groups (broad SMARTS) is 1. The highest BCUT2D eigenvalue weighted by atomic mass is 19.1. The molecule has 0 unspecified atom stereocenters. The summed E-state index contributed by atoms with van der Waals surface area (Å²) >= 11 is 0. The Morgan fingerprint density at radius 3 is 2.19 bits per heavy atom. The molecule has 5 rings (SSSR count). The number of pyridine rings is 1. The van der Waals surface area contributed by atoms with Gasteiger partial charge in [0.05, 0.1) is 11.2 Å². The quantitative estimate of drug-likeness (QED) is 0.362. The predicted molar refractivity (Wildman–Crippen MR) is 144 cm³/mol. The number of anilines is 1. The van der Waals surface area contributed by atoms with Gasteiger partial charge in [0, 0.05) is 50.2 Å². The molecular weight excluding hydrogens is 469 g/mol. The Hall–Kier alpha value is -3.97. The summed E-state index contributed by atoms with van der Waals surface area (Å²) in [6.07, 6.45) is 2.98. The van der Waals surface area contributed by atoms with Gasteiger partial charge in [-0.05, 0) is 36.1 Å². The van der Waals surface area contributed by atoms with E-state index >= 15 is 4.39 Å². The zero-order valence-corrected chi connectivity index (χ0v) is 20.6. The van der Waals surface area contributed by atoms with Gasteiger partial charge in [-0.15, -0.1) is 0 Å². The number of rotatable bonds is 8. The van der Waals surface area contributed by atoms with Crippen molar-refractivity contribution in [3.05, 3.63) is 112 Å². The lowest BCUT2D eigenvalue weighted by atomic mass is 9.87. The fourth-order valence-electron chi connectivity index (χ4n) is 5.25. The Balaban J connectivity index is 1.50. The van der Waals surface area contributed by atoms with Crippen molar-refractivity contribution in [2.24, 2.45) is 0 Å². The number of carboxylic acids is 1. The van der Waals surface area contributed by atoms with Crippen molar-refractivity contribution in [3.8, 4) is 0 Å². The maximum Gasteiger partial charge on any atom is 0.341 e. The fraction of sp³-hybridized carbons (Fsp3) is 0.267. The number of nitrogens with zero attached hydrogens (tertiary/aromatic N) is 2. The molecule has 37 heavy (non-hydrogen) atoms. The Bertz CT molecular complexity index is 1410. The van der Waals surface area contributed by atoms with Crippen LogP contribution < -0.4 is 15.6 Å². The molecule has 2 heterocycles. The van der Waals surface area contributed by atoms with E-state index in [1.54, 1.807) is 10.6 Å². The van der Waals surface area contributed by atoms with Crippen LogP contribution in [-0.4, -0.2) is 41.8 Å². The summed E-state index contributed by atoms with van der Waals surface area (Å²) in [6.45, 7) is 3.33. The highest BCUT2D eigenvalue weighted by Crippen LogP contribution is 2.30. The first kappa shape index (κ1) is 24.7. The lowest BCUT2D eigenvalue weighted by Gasteiger charge is -2.30. The average Bonchev–Trinajstić information content (AvgIpc) is 2.93. The van der Waals surface area contributed by atoms with Crippen LogP contribution in [0.1, 0.15) is 40.2 Å². The van der Waals surface area contributed by atoms with Crippen LogP contribution in [-0.2, 0) is 6.54 Å². The molecule has 0 amide bonds. The summed E-state index contributed by atoms with van der Waals surface area (Å²) in [4.78, 5) is 26.7. The molecule has 1 aliphatic rings. The molecule has 1 aromatic heterocycles. The van der Waals surface area contributed by atoms with Crippen LogP contribution in [0.25, 0.3) is 10.9 Å². The number of carbonyl (C=O) groups is 1. The summed E-state index contributed by atoms with van der Waals surface area (Å²) in [7, 11) is 0. The summed E-state index contributed by atoms with van der Waals surface area (Å²) < 4.78 is 16.9. The van der Waals surface area contributed by atoms with Crippen LogP contribution in [0.4, 0.5) is 10.1 Å². The zero-order valence-electron chi connectivity index (χ0n) is 20.6. The van der Waals surface area contributed by atoms with Crippen LogP contribution in [0.2, 0.25) is 0 Å². The molecule has 0 spiro atoms. The number of hydrogen-bond acceptors (Lipinski definition) is 4. The molecule has 0 bridgehead atoms. The normalized spacial score (nSPS) is 13.8. The minimum absolute atomic E-state index is 0.0963.